The highest BCUT2D eigenvalue weighted by molar-refractivity contribution is 7.98. The Morgan fingerprint density at radius 1 is 1.12 bits per heavy atom. The van der Waals surface area contributed by atoms with E-state index in [0.717, 1.165) is 47.6 Å². The lowest BCUT2D eigenvalue weighted by Gasteiger charge is -2.19. The maximum atomic E-state index is 13.3. The monoisotopic (exact) mass is 483 g/mol. The molecule has 34 heavy (non-hydrogen) atoms. The standard InChI is InChI=1S/C27H37N3O3S/c1-20-8-4-5-9-22(20)24-18-21(19-28-13-16-30-14-6-7-15-30)10-11-23(24)26(31)29-25(12-17-34-3)27(32)33-2/h4-5,8-11,18,25,28H,6-7,12-17,19H2,1-3H3,(H,29,31)/t25-/m0/s1. The minimum atomic E-state index is -0.665. The highest BCUT2D eigenvalue weighted by atomic mass is 32.2. The van der Waals surface area contributed by atoms with E-state index in [0.29, 0.717) is 12.0 Å². The Morgan fingerprint density at radius 2 is 1.88 bits per heavy atom. The van der Waals surface area contributed by atoms with Crippen molar-refractivity contribution in [3.63, 3.8) is 0 Å². The first-order chi connectivity index (χ1) is 16.5. The first-order valence-electron chi connectivity index (χ1n) is 12.0. The lowest BCUT2D eigenvalue weighted by Crippen LogP contribution is -2.42. The highest BCUT2D eigenvalue weighted by Gasteiger charge is 2.24. The van der Waals surface area contributed by atoms with E-state index in [1.807, 2.05) is 49.6 Å². The maximum Gasteiger partial charge on any atom is 0.328 e. The summed E-state index contributed by atoms with van der Waals surface area (Å²) in [6.07, 6.45) is 5.11. The minimum absolute atomic E-state index is 0.261. The third-order valence-corrected chi connectivity index (χ3v) is 6.94. The summed E-state index contributed by atoms with van der Waals surface area (Å²) in [5, 5.41) is 6.45. The van der Waals surface area contributed by atoms with Gasteiger partial charge >= 0.3 is 5.97 Å². The highest BCUT2D eigenvalue weighted by Crippen LogP contribution is 2.28. The lowest BCUT2D eigenvalue weighted by atomic mass is 9.93. The Labute approximate surface area is 207 Å². The second-order valence-electron chi connectivity index (χ2n) is 8.75. The van der Waals surface area contributed by atoms with E-state index in [2.05, 4.69) is 21.6 Å². The Morgan fingerprint density at radius 3 is 2.59 bits per heavy atom. The van der Waals surface area contributed by atoms with Crippen molar-refractivity contribution in [2.24, 2.45) is 0 Å². The number of thioether (sulfide) groups is 1. The molecule has 6 nitrogen and oxygen atoms in total. The van der Waals surface area contributed by atoms with Crippen molar-refractivity contribution in [1.29, 1.82) is 0 Å². The van der Waals surface area contributed by atoms with Crippen molar-refractivity contribution in [1.82, 2.24) is 15.5 Å². The number of nitrogens with one attached hydrogen (secondary N) is 2. The van der Waals surface area contributed by atoms with Gasteiger partial charge in [-0.15, -0.1) is 0 Å². The minimum Gasteiger partial charge on any atom is -0.467 e. The van der Waals surface area contributed by atoms with Crippen molar-refractivity contribution in [2.45, 2.75) is 38.8 Å². The zero-order valence-electron chi connectivity index (χ0n) is 20.6. The molecule has 0 unspecified atom stereocenters. The van der Waals surface area contributed by atoms with E-state index in [9.17, 15) is 9.59 Å². The Bertz CT molecular complexity index is 960. The Balaban J connectivity index is 1.78. The summed E-state index contributed by atoms with van der Waals surface area (Å²) in [4.78, 5) is 28.0. The van der Waals surface area contributed by atoms with Crippen LogP contribution in [0, 0.1) is 6.92 Å². The van der Waals surface area contributed by atoms with Crippen LogP contribution in [0.2, 0.25) is 0 Å². The van der Waals surface area contributed by atoms with Crippen molar-refractivity contribution < 1.29 is 14.3 Å². The second-order valence-corrected chi connectivity index (χ2v) is 9.74. The number of amides is 1. The van der Waals surface area contributed by atoms with Crippen LogP contribution in [-0.4, -0.2) is 68.1 Å². The molecule has 0 saturated carbocycles. The second kappa shape index (κ2) is 13.5. The van der Waals surface area contributed by atoms with Crippen molar-refractivity contribution in [3.05, 3.63) is 59.2 Å². The number of hydrogen-bond donors (Lipinski definition) is 2. The molecule has 2 aromatic rings. The normalized spacial score (nSPS) is 14.7. The molecule has 1 aliphatic rings. The maximum absolute atomic E-state index is 13.3. The number of carbonyl (C=O) groups excluding carboxylic acids is 2. The number of likely N-dealkylation sites (tertiary alicyclic amines) is 1. The summed E-state index contributed by atoms with van der Waals surface area (Å²) >= 11 is 1.63. The topological polar surface area (TPSA) is 70.7 Å². The van der Waals surface area contributed by atoms with Gasteiger partial charge in [0.2, 0.25) is 0 Å². The molecule has 1 saturated heterocycles. The fourth-order valence-corrected chi connectivity index (χ4v) is 4.81. The zero-order chi connectivity index (χ0) is 24.3. The third-order valence-electron chi connectivity index (χ3n) is 6.30. The van der Waals surface area contributed by atoms with E-state index in [4.69, 9.17) is 4.74 Å². The molecule has 0 aliphatic carbocycles. The van der Waals surface area contributed by atoms with Gasteiger partial charge in [0.05, 0.1) is 7.11 Å². The van der Waals surface area contributed by atoms with Crippen LogP contribution in [0.25, 0.3) is 11.1 Å². The van der Waals surface area contributed by atoms with Crippen LogP contribution in [0.15, 0.2) is 42.5 Å². The molecular weight excluding hydrogens is 446 g/mol. The molecular formula is C27H37N3O3S. The first kappa shape index (κ1) is 26.3. The van der Waals surface area contributed by atoms with Gasteiger partial charge in [0.15, 0.2) is 0 Å². The van der Waals surface area contributed by atoms with Crippen LogP contribution in [0.3, 0.4) is 0 Å². The summed E-state index contributed by atoms with van der Waals surface area (Å²) in [7, 11) is 1.35. The quantitative estimate of drug-likeness (QED) is 0.353. The van der Waals surface area contributed by atoms with Crippen LogP contribution in [0.4, 0.5) is 0 Å². The number of aryl methyl sites for hydroxylation is 1. The van der Waals surface area contributed by atoms with Crippen LogP contribution < -0.4 is 10.6 Å². The van der Waals surface area contributed by atoms with E-state index in [1.54, 1.807) is 11.8 Å². The molecule has 0 radical (unpaired) electrons. The fourth-order valence-electron chi connectivity index (χ4n) is 4.34. The molecule has 1 fully saturated rings. The number of hydrogen-bond acceptors (Lipinski definition) is 6. The van der Waals surface area contributed by atoms with Crippen molar-refractivity contribution >= 4 is 23.6 Å². The van der Waals surface area contributed by atoms with E-state index < -0.39 is 12.0 Å². The summed E-state index contributed by atoms with van der Waals surface area (Å²) in [6, 6.07) is 13.4. The number of esters is 1. The van der Waals surface area contributed by atoms with Gasteiger partial charge < -0.3 is 20.3 Å². The van der Waals surface area contributed by atoms with Crippen LogP contribution in [-0.2, 0) is 16.1 Å². The SMILES string of the molecule is COC(=O)[C@H](CCSC)NC(=O)c1ccc(CNCCN2CCCC2)cc1-c1ccccc1C. The van der Waals surface area contributed by atoms with Crippen LogP contribution >= 0.6 is 11.8 Å². The number of methoxy groups -OCH3 is 1. The molecule has 184 valence electrons. The molecule has 3 rings (SSSR count). The lowest BCUT2D eigenvalue weighted by molar-refractivity contribution is -0.142. The number of carbonyl (C=O) groups is 2. The molecule has 2 aromatic carbocycles. The van der Waals surface area contributed by atoms with Gasteiger partial charge in [0.25, 0.3) is 5.91 Å². The zero-order valence-corrected chi connectivity index (χ0v) is 21.4. The summed E-state index contributed by atoms with van der Waals surface area (Å²) < 4.78 is 4.92. The summed E-state index contributed by atoms with van der Waals surface area (Å²) in [5.41, 5.74) is 4.69. The van der Waals surface area contributed by atoms with Crippen LogP contribution in [0.1, 0.15) is 40.7 Å². The van der Waals surface area contributed by atoms with Gasteiger partial charge in [-0.25, -0.2) is 4.79 Å². The average molecular weight is 484 g/mol. The molecule has 1 heterocycles. The average Bonchev–Trinajstić information content (AvgIpc) is 3.37. The first-order valence-corrected chi connectivity index (χ1v) is 13.4. The predicted octanol–water partition coefficient (Wildman–Crippen LogP) is 3.87. The van der Waals surface area contributed by atoms with Crippen LogP contribution in [0.5, 0.6) is 0 Å². The van der Waals surface area contributed by atoms with Gasteiger partial charge in [-0.3, -0.25) is 4.79 Å². The van der Waals surface area contributed by atoms with Gasteiger partial charge in [-0.05, 0) is 85.7 Å². The number of nitrogens with zero attached hydrogens (tertiary/aromatic N) is 1. The molecule has 2 N–H and O–H groups in total. The van der Waals surface area contributed by atoms with Gasteiger partial charge in [-0.1, -0.05) is 30.3 Å². The fraction of sp³-hybridized carbons (Fsp3) is 0.481. The molecule has 1 amide bonds. The van der Waals surface area contributed by atoms with Gasteiger partial charge in [-0.2, -0.15) is 11.8 Å². The van der Waals surface area contributed by atoms with E-state index >= 15 is 0 Å². The number of ether oxygens (including phenoxy) is 1. The number of benzene rings is 2. The van der Waals surface area contributed by atoms with Gasteiger partial charge in [0, 0.05) is 25.2 Å². The molecule has 0 bridgehead atoms. The molecule has 1 aliphatic heterocycles. The van der Waals surface area contributed by atoms with E-state index in [-0.39, 0.29) is 5.91 Å². The summed E-state index contributed by atoms with van der Waals surface area (Å²) in [5.74, 6) is 0.0779. The van der Waals surface area contributed by atoms with Crippen molar-refractivity contribution in [3.8, 4) is 11.1 Å². The number of rotatable bonds is 12. The molecule has 0 spiro atoms. The Hall–Kier alpha value is -2.35. The van der Waals surface area contributed by atoms with Gasteiger partial charge in [0.1, 0.15) is 6.04 Å². The van der Waals surface area contributed by atoms with Crippen molar-refractivity contribution in [2.75, 3.05) is 45.3 Å². The smallest absolute Gasteiger partial charge is 0.328 e. The molecule has 1 atom stereocenters. The summed E-state index contributed by atoms with van der Waals surface area (Å²) in [6.45, 7) is 7.20. The third kappa shape index (κ3) is 7.32. The molecule has 0 aromatic heterocycles. The molecule has 7 heteroatoms. The largest absolute Gasteiger partial charge is 0.467 e. The van der Waals surface area contributed by atoms with E-state index in [1.165, 1.54) is 33.0 Å². The Kier molecular flexibility index (Phi) is 10.4. The predicted molar refractivity (Wildman–Crippen MR) is 140 cm³/mol.